The molecule has 19 heavy (non-hydrogen) atoms. The van der Waals surface area contributed by atoms with Crippen molar-refractivity contribution >= 4 is 11.8 Å². The number of fused-ring (bicyclic) bond motifs is 1. The fourth-order valence-corrected chi connectivity index (χ4v) is 2.23. The SMILES string of the molecule is CC1Cc2c(cccc2NC(=O)OC(C)(C)C)CN1. The highest BCUT2D eigenvalue weighted by atomic mass is 16.6. The summed E-state index contributed by atoms with van der Waals surface area (Å²) >= 11 is 0. The molecule has 2 N–H and O–H groups in total. The molecule has 0 radical (unpaired) electrons. The van der Waals surface area contributed by atoms with Crippen LogP contribution < -0.4 is 10.6 Å². The van der Waals surface area contributed by atoms with Crippen LogP contribution in [0, 0.1) is 0 Å². The van der Waals surface area contributed by atoms with E-state index >= 15 is 0 Å². The zero-order valence-electron chi connectivity index (χ0n) is 12.0. The highest BCUT2D eigenvalue weighted by Gasteiger charge is 2.20. The van der Waals surface area contributed by atoms with Gasteiger partial charge in [0.25, 0.3) is 0 Å². The minimum Gasteiger partial charge on any atom is -0.444 e. The summed E-state index contributed by atoms with van der Waals surface area (Å²) in [6, 6.07) is 6.41. The number of benzene rings is 1. The molecule has 0 spiro atoms. The van der Waals surface area contributed by atoms with Crippen molar-refractivity contribution in [3.05, 3.63) is 29.3 Å². The second-order valence-corrected chi connectivity index (χ2v) is 6.06. The maximum atomic E-state index is 11.8. The Kier molecular flexibility index (Phi) is 3.80. The van der Waals surface area contributed by atoms with Gasteiger partial charge in [-0.25, -0.2) is 4.79 Å². The number of hydrogen-bond donors (Lipinski definition) is 2. The van der Waals surface area contributed by atoms with E-state index < -0.39 is 11.7 Å². The van der Waals surface area contributed by atoms with Crippen LogP contribution in [-0.4, -0.2) is 17.7 Å². The maximum Gasteiger partial charge on any atom is 0.412 e. The van der Waals surface area contributed by atoms with Crippen molar-refractivity contribution in [1.29, 1.82) is 0 Å². The van der Waals surface area contributed by atoms with Crippen molar-refractivity contribution in [1.82, 2.24) is 5.32 Å². The largest absolute Gasteiger partial charge is 0.444 e. The first-order valence-electron chi connectivity index (χ1n) is 6.69. The zero-order valence-corrected chi connectivity index (χ0v) is 12.0. The molecular formula is C15H22N2O2. The van der Waals surface area contributed by atoms with Gasteiger partial charge in [0.2, 0.25) is 0 Å². The number of amides is 1. The number of anilines is 1. The highest BCUT2D eigenvalue weighted by molar-refractivity contribution is 5.86. The second kappa shape index (κ2) is 5.21. The molecule has 1 aromatic rings. The van der Waals surface area contributed by atoms with E-state index in [-0.39, 0.29) is 0 Å². The smallest absolute Gasteiger partial charge is 0.412 e. The van der Waals surface area contributed by atoms with Gasteiger partial charge in [-0.3, -0.25) is 5.32 Å². The molecule has 0 fully saturated rings. The van der Waals surface area contributed by atoms with Gasteiger partial charge in [-0.15, -0.1) is 0 Å². The summed E-state index contributed by atoms with van der Waals surface area (Å²) in [6.07, 6.45) is 0.522. The van der Waals surface area contributed by atoms with E-state index in [4.69, 9.17) is 4.74 Å². The predicted molar refractivity (Wildman–Crippen MR) is 76.3 cm³/mol. The molecule has 0 aromatic heterocycles. The first kappa shape index (κ1) is 13.9. The van der Waals surface area contributed by atoms with E-state index in [9.17, 15) is 4.79 Å². The number of ether oxygens (including phenoxy) is 1. The lowest BCUT2D eigenvalue weighted by atomic mass is 9.95. The lowest BCUT2D eigenvalue weighted by Gasteiger charge is -2.26. The summed E-state index contributed by atoms with van der Waals surface area (Å²) in [5.41, 5.74) is 2.83. The quantitative estimate of drug-likeness (QED) is 0.817. The Morgan fingerprint density at radius 2 is 2.16 bits per heavy atom. The van der Waals surface area contributed by atoms with Gasteiger partial charge in [-0.1, -0.05) is 12.1 Å². The third-order valence-corrected chi connectivity index (χ3v) is 3.06. The Hall–Kier alpha value is -1.55. The van der Waals surface area contributed by atoms with Gasteiger partial charge in [0.05, 0.1) is 0 Å². The lowest BCUT2D eigenvalue weighted by Crippen LogP contribution is -2.34. The van der Waals surface area contributed by atoms with Gasteiger partial charge in [-0.05, 0) is 51.3 Å². The monoisotopic (exact) mass is 262 g/mol. The highest BCUT2D eigenvalue weighted by Crippen LogP contribution is 2.25. The molecule has 1 unspecified atom stereocenters. The van der Waals surface area contributed by atoms with Crippen LogP contribution >= 0.6 is 0 Å². The van der Waals surface area contributed by atoms with E-state index in [2.05, 4.69) is 23.6 Å². The molecule has 0 saturated heterocycles. The maximum absolute atomic E-state index is 11.8. The van der Waals surface area contributed by atoms with Gasteiger partial charge in [0.1, 0.15) is 5.60 Å². The van der Waals surface area contributed by atoms with Crippen LogP contribution in [0.2, 0.25) is 0 Å². The molecule has 4 nitrogen and oxygen atoms in total. The van der Waals surface area contributed by atoms with Crippen molar-refractivity contribution in [3.8, 4) is 0 Å². The topological polar surface area (TPSA) is 50.4 Å². The van der Waals surface area contributed by atoms with Crippen molar-refractivity contribution in [2.45, 2.75) is 52.3 Å². The van der Waals surface area contributed by atoms with Gasteiger partial charge in [-0.2, -0.15) is 0 Å². The summed E-state index contributed by atoms with van der Waals surface area (Å²) in [7, 11) is 0. The Morgan fingerprint density at radius 3 is 2.84 bits per heavy atom. The molecule has 4 heteroatoms. The van der Waals surface area contributed by atoms with Crippen molar-refractivity contribution in [2.24, 2.45) is 0 Å². The molecule has 1 aliphatic heterocycles. The van der Waals surface area contributed by atoms with Crippen molar-refractivity contribution in [2.75, 3.05) is 5.32 Å². The molecule has 2 rings (SSSR count). The number of carbonyl (C=O) groups excluding carboxylic acids is 1. The Balaban J connectivity index is 2.15. The van der Waals surface area contributed by atoms with Gasteiger partial charge < -0.3 is 10.1 Å². The molecular weight excluding hydrogens is 240 g/mol. The normalized spacial score (nSPS) is 18.6. The number of nitrogens with one attached hydrogen (secondary N) is 2. The van der Waals surface area contributed by atoms with Crippen LogP contribution in [0.3, 0.4) is 0 Å². The predicted octanol–water partition coefficient (Wildman–Crippen LogP) is 3.07. The standard InChI is InChI=1S/C15H22N2O2/c1-10-8-12-11(9-16-10)6-5-7-13(12)17-14(18)19-15(2,3)4/h5-7,10,16H,8-9H2,1-4H3,(H,17,18). The number of carbonyl (C=O) groups is 1. The minimum atomic E-state index is -0.478. The Bertz CT molecular complexity index is 478. The minimum absolute atomic E-state index is 0.396. The van der Waals surface area contributed by atoms with E-state index in [1.807, 2.05) is 32.9 Å². The lowest BCUT2D eigenvalue weighted by molar-refractivity contribution is 0.0635. The molecule has 1 aliphatic rings. The molecule has 104 valence electrons. The molecule has 1 amide bonds. The van der Waals surface area contributed by atoms with Crippen molar-refractivity contribution < 1.29 is 9.53 Å². The summed E-state index contributed by atoms with van der Waals surface area (Å²) < 4.78 is 5.29. The van der Waals surface area contributed by atoms with E-state index in [1.54, 1.807) is 0 Å². The Labute approximate surface area is 114 Å². The molecule has 1 aromatic carbocycles. The third kappa shape index (κ3) is 3.70. The van der Waals surface area contributed by atoms with Crippen LogP contribution in [-0.2, 0) is 17.7 Å². The van der Waals surface area contributed by atoms with E-state index in [0.29, 0.717) is 6.04 Å². The van der Waals surface area contributed by atoms with Crippen LogP contribution in [0.4, 0.5) is 10.5 Å². The van der Waals surface area contributed by atoms with Crippen LogP contribution in [0.15, 0.2) is 18.2 Å². The second-order valence-electron chi connectivity index (χ2n) is 6.06. The van der Waals surface area contributed by atoms with Crippen LogP contribution in [0.25, 0.3) is 0 Å². The first-order chi connectivity index (χ1) is 8.85. The molecule has 0 bridgehead atoms. The molecule has 0 saturated carbocycles. The van der Waals surface area contributed by atoms with Crippen LogP contribution in [0.5, 0.6) is 0 Å². The molecule has 0 aliphatic carbocycles. The zero-order chi connectivity index (χ0) is 14.0. The van der Waals surface area contributed by atoms with E-state index in [1.165, 1.54) is 11.1 Å². The first-order valence-corrected chi connectivity index (χ1v) is 6.69. The van der Waals surface area contributed by atoms with Crippen LogP contribution in [0.1, 0.15) is 38.8 Å². The number of hydrogen-bond acceptors (Lipinski definition) is 3. The molecule has 1 heterocycles. The average molecular weight is 262 g/mol. The Morgan fingerprint density at radius 1 is 1.42 bits per heavy atom. The van der Waals surface area contributed by atoms with E-state index in [0.717, 1.165) is 18.7 Å². The van der Waals surface area contributed by atoms with Crippen molar-refractivity contribution in [3.63, 3.8) is 0 Å². The summed E-state index contributed by atoms with van der Waals surface area (Å²) in [5.74, 6) is 0. The average Bonchev–Trinajstić information content (AvgIpc) is 2.27. The third-order valence-electron chi connectivity index (χ3n) is 3.06. The molecule has 1 atom stereocenters. The fraction of sp³-hybridized carbons (Fsp3) is 0.533. The summed E-state index contributed by atoms with van der Waals surface area (Å²) in [4.78, 5) is 11.8. The van der Waals surface area contributed by atoms with Gasteiger partial charge >= 0.3 is 6.09 Å². The van der Waals surface area contributed by atoms with Gasteiger partial charge in [0, 0.05) is 18.3 Å². The summed E-state index contributed by atoms with van der Waals surface area (Å²) in [6.45, 7) is 8.57. The van der Waals surface area contributed by atoms with Gasteiger partial charge in [0.15, 0.2) is 0 Å². The fourth-order valence-electron chi connectivity index (χ4n) is 2.23. The number of rotatable bonds is 1. The summed E-state index contributed by atoms with van der Waals surface area (Å²) in [5, 5.41) is 6.27.